The smallest absolute Gasteiger partial charge is 0.223 e. The van der Waals surface area contributed by atoms with Crippen LogP contribution < -0.4 is 11.1 Å². The summed E-state index contributed by atoms with van der Waals surface area (Å²) in [4.78, 5) is 9.25. The predicted octanol–water partition coefficient (Wildman–Crippen LogP) is 1.68. The molecule has 0 atom stereocenters. The third-order valence-electron chi connectivity index (χ3n) is 2.41. The molecule has 0 aromatic carbocycles. The van der Waals surface area contributed by atoms with E-state index in [2.05, 4.69) is 25.5 Å². The van der Waals surface area contributed by atoms with Crippen LogP contribution in [0.5, 0.6) is 0 Å². The lowest BCUT2D eigenvalue weighted by atomic mass is 10.3. The van der Waals surface area contributed by atoms with Gasteiger partial charge < -0.3 is 11.1 Å². The summed E-state index contributed by atoms with van der Waals surface area (Å²) in [5.41, 5.74) is 6.51. The normalized spacial score (nSPS) is 10.7. The Hall–Kier alpha value is -2.28. The molecule has 7 heteroatoms. The van der Waals surface area contributed by atoms with Gasteiger partial charge in [-0.2, -0.15) is 15.2 Å². The number of nitrogens with two attached hydrogens (primary N) is 1. The first-order valence-corrected chi connectivity index (χ1v) is 6.22. The topological polar surface area (TPSA) is 89.6 Å². The van der Waals surface area contributed by atoms with Crippen molar-refractivity contribution in [2.75, 3.05) is 11.1 Å². The molecule has 0 fully saturated rings. The second-order valence-corrected chi connectivity index (χ2v) is 4.53. The van der Waals surface area contributed by atoms with Crippen molar-refractivity contribution in [3.63, 3.8) is 0 Å². The summed E-state index contributed by atoms with van der Waals surface area (Å²) < 4.78 is 0. The van der Waals surface area contributed by atoms with Crippen molar-refractivity contribution >= 4 is 33.3 Å². The van der Waals surface area contributed by atoms with E-state index < -0.39 is 0 Å². The van der Waals surface area contributed by atoms with Crippen LogP contribution in [-0.4, -0.2) is 20.2 Å². The number of rotatable bonds is 3. The maximum atomic E-state index is 5.67. The second kappa shape index (κ2) is 4.53. The Bertz CT molecular complexity index is 666. The molecular weight excluding hydrogens is 248 g/mol. The Morgan fingerprint density at radius 3 is 3.06 bits per heavy atom. The SMILES string of the molecule is Nc1nc(NCc2cccnn2)c2ccsc2n1. The van der Waals surface area contributed by atoms with Gasteiger partial charge >= 0.3 is 0 Å². The highest BCUT2D eigenvalue weighted by Gasteiger charge is 2.07. The lowest BCUT2D eigenvalue weighted by Gasteiger charge is -2.06. The number of anilines is 2. The molecule has 0 aliphatic heterocycles. The fourth-order valence-electron chi connectivity index (χ4n) is 1.61. The van der Waals surface area contributed by atoms with Gasteiger partial charge in [0.1, 0.15) is 10.6 Å². The number of hydrogen-bond acceptors (Lipinski definition) is 7. The quantitative estimate of drug-likeness (QED) is 0.742. The van der Waals surface area contributed by atoms with E-state index >= 15 is 0 Å². The third kappa shape index (κ3) is 2.07. The van der Waals surface area contributed by atoms with Gasteiger partial charge in [-0.1, -0.05) is 0 Å². The number of hydrogen-bond donors (Lipinski definition) is 2. The van der Waals surface area contributed by atoms with Crippen molar-refractivity contribution in [3.8, 4) is 0 Å². The zero-order chi connectivity index (χ0) is 12.4. The molecule has 3 heterocycles. The van der Waals surface area contributed by atoms with E-state index in [9.17, 15) is 0 Å². The monoisotopic (exact) mass is 258 g/mol. The van der Waals surface area contributed by atoms with E-state index in [1.165, 1.54) is 11.3 Å². The highest BCUT2D eigenvalue weighted by atomic mass is 32.1. The van der Waals surface area contributed by atoms with Crippen LogP contribution in [0.4, 0.5) is 11.8 Å². The number of nitrogens with one attached hydrogen (secondary N) is 1. The first kappa shape index (κ1) is 10.8. The molecule has 0 amide bonds. The van der Waals surface area contributed by atoms with Crippen molar-refractivity contribution in [2.24, 2.45) is 0 Å². The number of thiophene rings is 1. The van der Waals surface area contributed by atoms with Crippen molar-refractivity contribution in [1.29, 1.82) is 0 Å². The minimum atomic E-state index is 0.270. The molecule has 3 N–H and O–H groups in total. The Labute approximate surface area is 107 Å². The van der Waals surface area contributed by atoms with Gasteiger partial charge in [0.15, 0.2) is 0 Å². The summed E-state index contributed by atoms with van der Waals surface area (Å²) in [6.45, 7) is 0.551. The third-order valence-corrected chi connectivity index (χ3v) is 3.21. The van der Waals surface area contributed by atoms with E-state index in [1.54, 1.807) is 6.20 Å². The lowest BCUT2D eigenvalue weighted by molar-refractivity contribution is 0.921. The van der Waals surface area contributed by atoms with Gasteiger partial charge in [-0.15, -0.1) is 11.3 Å². The van der Waals surface area contributed by atoms with E-state index in [0.717, 1.165) is 21.7 Å². The molecule has 0 aliphatic rings. The van der Waals surface area contributed by atoms with Crippen LogP contribution in [-0.2, 0) is 6.54 Å². The summed E-state index contributed by atoms with van der Waals surface area (Å²) in [5, 5.41) is 14.0. The van der Waals surface area contributed by atoms with Gasteiger partial charge in [-0.05, 0) is 23.6 Å². The predicted molar refractivity (Wildman–Crippen MR) is 71.2 cm³/mol. The van der Waals surface area contributed by atoms with Crippen molar-refractivity contribution in [1.82, 2.24) is 20.2 Å². The van der Waals surface area contributed by atoms with Crippen LogP contribution in [0.3, 0.4) is 0 Å². The molecule has 3 aromatic heterocycles. The van der Waals surface area contributed by atoms with Crippen LogP contribution in [0.2, 0.25) is 0 Å². The molecule has 0 spiro atoms. The zero-order valence-electron chi connectivity index (χ0n) is 9.37. The maximum Gasteiger partial charge on any atom is 0.223 e. The summed E-state index contributed by atoms with van der Waals surface area (Å²) in [7, 11) is 0. The molecule has 0 bridgehead atoms. The van der Waals surface area contributed by atoms with Crippen LogP contribution in [0, 0.1) is 0 Å². The average Bonchev–Trinajstić information content (AvgIpc) is 2.85. The highest BCUT2D eigenvalue weighted by molar-refractivity contribution is 7.16. The molecule has 3 aromatic rings. The van der Waals surface area contributed by atoms with E-state index in [0.29, 0.717) is 6.54 Å². The Morgan fingerprint density at radius 1 is 1.28 bits per heavy atom. The van der Waals surface area contributed by atoms with Gasteiger partial charge in [0.2, 0.25) is 5.95 Å². The number of nitrogen functional groups attached to an aromatic ring is 1. The van der Waals surface area contributed by atoms with Crippen LogP contribution in [0.25, 0.3) is 10.2 Å². The standard InChI is InChI=1S/C11H10N6S/c12-11-15-9(8-3-5-18-10(8)16-11)13-6-7-2-1-4-14-17-7/h1-5H,6H2,(H3,12,13,15,16). The molecular formula is C11H10N6S. The van der Waals surface area contributed by atoms with Crippen LogP contribution in [0.1, 0.15) is 5.69 Å². The van der Waals surface area contributed by atoms with Gasteiger partial charge in [-0.3, -0.25) is 0 Å². The van der Waals surface area contributed by atoms with Gasteiger partial charge in [0.25, 0.3) is 0 Å². The second-order valence-electron chi connectivity index (χ2n) is 3.64. The van der Waals surface area contributed by atoms with Crippen molar-refractivity contribution in [2.45, 2.75) is 6.54 Å². The van der Waals surface area contributed by atoms with Gasteiger partial charge in [0, 0.05) is 6.20 Å². The lowest BCUT2D eigenvalue weighted by Crippen LogP contribution is -2.06. The largest absolute Gasteiger partial charge is 0.368 e. The number of aromatic nitrogens is 4. The molecule has 0 saturated heterocycles. The number of fused-ring (bicyclic) bond motifs is 1. The zero-order valence-corrected chi connectivity index (χ0v) is 10.2. The van der Waals surface area contributed by atoms with Gasteiger partial charge in [-0.25, -0.2) is 4.98 Å². The maximum absolute atomic E-state index is 5.67. The molecule has 3 rings (SSSR count). The fourth-order valence-corrected chi connectivity index (χ4v) is 2.38. The van der Waals surface area contributed by atoms with E-state index in [4.69, 9.17) is 5.73 Å². The molecule has 6 nitrogen and oxygen atoms in total. The first-order chi connectivity index (χ1) is 8.83. The Kier molecular flexibility index (Phi) is 2.73. The molecule has 90 valence electrons. The molecule has 0 unspecified atom stereocenters. The van der Waals surface area contributed by atoms with E-state index in [1.807, 2.05) is 23.6 Å². The summed E-state index contributed by atoms with van der Waals surface area (Å²) in [6, 6.07) is 5.71. The first-order valence-electron chi connectivity index (χ1n) is 5.34. The highest BCUT2D eigenvalue weighted by Crippen LogP contribution is 2.25. The Morgan fingerprint density at radius 2 is 2.22 bits per heavy atom. The fraction of sp³-hybridized carbons (Fsp3) is 0.0909. The van der Waals surface area contributed by atoms with E-state index in [-0.39, 0.29) is 5.95 Å². The van der Waals surface area contributed by atoms with Crippen LogP contribution >= 0.6 is 11.3 Å². The van der Waals surface area contributed by atoms with Crippen molar-refractivity contribution in [3.05, 3.63) is 35.5 Å². The molecule has 18 heavy (non-hydrogen) atoms. The summed E-state index contributed by atoms with van der Waals surface area (Å²) in [5.74, 6) is 0.996. The molecule has 0 radical (unpaired) electrons. The van der Waals surface area contributed by atoms with Gasteiger partial charge in [0.05, 0.1) is 17.6 Å². The summed E-state index contributed by atoms with van der Waals surface area (Å²) >= 11 is 1.54. The van der Waals surface area contributed by atoms with Crippen molar-refractivity contribution < 1.29 is 0 Å². The summed E-state index contributed by atoms with van der Waals surface area (Å²) in [6.07, 6.45) is 1.64. The molecule has 0 saturated carbocycles. The average molecular weight is 258 g/mol. The molecule has 0 aliphatic carbocycles. The minimum Gasteiger partial charge on any atom is -0.368 e. The number of nitrogens with zero attached hydrogens (tertiary/aromatic N) is 4. The Balaban J connectivity index is 1.88. The van der Waals surface area contributed by atoms with Crippen LogP contribution in [0.15, 0.2) is 29.8 Å². The minimum absolute atomic E-state index is 0.270.